The third-order valence-corrected chi connectivity index (χ3v) is 2.83. The minimum Gasteiger partial charge on any atom is -0.379 e. The van der Waals surface area contributed by atoms with E-state index in [4.69, 9.17) is 14.2 Å². The van der Waals surface area contributed by atoms with E-state index in [0.717, 1.165) is 26.0 Å². The predicted octanol–water partition coefficient (Wildman–Crippen LogP) is 1.59. The van der Waals surface area contributed by atoms with Crippen molar-refractivity contribution in [1.82, 2.24) is 5.32 Å². The Bertz CT molecular complexity index is 188. The van der Waals surface area contributed by atoms with Crippen molar-refractivity contribution < 1.29 is 14.2 Å². The van der Waals surface area contributed by atoms with E-state index in [2.05, 4.69) is 19.2 Å². The van der Waals surface area contributed by atoms with E-state index >= 15 is 0 Å². The largest absolute Gasteiger partial charge is 0.379 e. The van der Waals surface area contributed by atoms with Crippen molar-refractivity contribution in [1.29, 1.82) is 0 Å². The quantitative estimate of drug-likeness (QED) is 0.626. The van der Waals surface area contributed by atoms with Crippen LogP contribution in [0.3, 0.4) is 0 Å². The molecule has 4 heteroatoms. The smallest absolute Gasteiger partial charge is 0.0813 e. The van der Waals surface area contributed by atoms with E-state index in [1.54, 1.807) is 0 Å². The van der Waals surface area contributed by atoms with Gasteiger partial charge in [0, 0.05) is 19.2 Å². The molecule has 0 bridgehead atoms. The first-order chi connectivity index (χ1) is 8.22. The van der Waals surface area contributed by atoms with Crippen molar-refractivity contribution in [3.8, 4) is 0 Å². The summed E-state index contributed by atoms with van der Waals surface area (Å²) in [5.41, 5.74) is 0. The molecule has 0 radical (unpaired) electrons. The molecule has 1 heterocycles. The maximum Gasteiger partial charge on any atom is 0.0813 e. The highest BCUT2D eigenvalue weighted by atomic mass is 16.6. The predicted molar refractivity (Wildman–Crippen MR) is 68.3 cm³/mol. The van der Waals surface area contributed by atoms with Crippen LogP contribution in [0.25, 0.3) is 0 Å². The van der Waals surface area contributed by atoms with E-state index in [-0.39, 0.29) is 6.10 Å². The van der Waals surface area contributed by atoms with Crippen molar-refractivity contribution in [3.63, 3.8) is 0 Å². The molecule has 1 aliphatic rings. The lowest BCUT2D eigenvalue weighted by Gasteiger charge is -2.16. The Morgan fingerprint density at radius 3 is 2.59 bits per heavy atom. The monoisotopic (exact) mass is 245 g/mol. The highest BCUT2D eigenvalue weighted by Gasteiger charge is 2.24. The summed E-state index contributed by atoms with van der Waals surface area (Å²) in [5.74, 6) is 0. The maximum absolute atomic E-state index is 5.89. The summed E-state index contributed by atoms with van der Waals surface area (Å²) in [4.78, 5) is 0. The number of hydrogen-bond donors (Lipinski definition) is 1. The second-order valence-electron chi connectivity index (χ2n) is 4.79. The minimum absolute atomic E-state index is 0.274. The summed E-state index contributed by atoms with van der Waals surface area (Å²) in [5, 5.41) is 3.41. The van der Waals surface area contributed by atoms with Gasteiger partial charge in [-0.2, -0.15) is 0 Å². The molecule has 1 fully saturated rings. The fourth-order valence-electron chi connectivity index (χ4n) is 1.90. The van der Waals surface area contributed by atoms with Gasteiger partial charge in [0.2, 0.25) is 0 Å². The average molecular weight is 245 g/mol. The summed E-state index contributed by atoms with van der Waals surface area (Å²) < 4.78 is 16.6. The first kappa shape index (κ1) is 14.9. The van der Waals surface area contributed by atoms with Gasteiger partial charge in [0.15, 0.2) is 0 Å². The fraction of sp³-hybridized carbons (Fsp3) is 1.00. The molecule has 0 spiro atoms. The van der Waals surface area contributed by atoms with Crippen LogP contribution < -0.4 is 5.32 Å². The van der Waals surface area contributed by atoms with Crippen molar-refractivity contribution >= 4 is 0 Å². The van der Waals surface area contributed by atoms with Gasteiger partial charge in [-0.1, -0.05) is 13.8 Å². The third kappa shape index (κ3) is 6.99. The molecular weight excluding hydrogens is 218 g/mol. The van der Waals surface area contributed by atoms with Crippen LogP contribution in [0.1, 0.15) is 33.6 Å². The molecule has 0 amide bonds. The van der Waals surface area contributed by atoms with Gasteiger partial charge >= 0.3 is 0 Å². The van der Waals surface area contributed by atoms with E-state index < -0.39 is 0 Å². The lowest BCUT2D eigenvalue weighted by Crippen LogP contribution is -2.32. The highest BCUT2D eigenvalue weighted by Crippen LogP contribution is 2.19. The Balaban J connectivity index is 1.97. The van der Waals surface area contributed by atoms with Gasteiger partial charge in [0.25, 0.3) is 0 Å². The summed E-state index contributed by atoms with van der Waals surface area (Å²) in [6.07, 6.45) is 2.88. The molecule has 0 aliphatic carbocycles. The normalized spacial score (nSPS) is 24.7. The van der Waals surface area contributed by atoms with Crippen LogP contribution in [0.4, 0.5) is 0 Å². The zero-order valence-electron chi connectivity index (χ0n) is 11.4. The number of hydrogen-bond acceptors (Lipinski definition) is 4. The summed E-state index contributed by atoms with van der Waals surface area (Å²) in [6, 6.07) is 0.528. The van der Waals surface area contributed by atoms with E-state index in [1.165, 1.54) is 0 Å². The molecule has 0 aromatic heterocycles. The van der Waals surface area contributed by atoms with Gasteiger partial charge in [0.05, 0.1) is 32.0 Å². The summed E-state index contributed by atoms with van der Waals surface area (Å²) in [7, 11) is 0. The molecule has 2 unspecified atom stereocenters. The van der Waals surface area contributed by atoms with Gasteiger partial charge in [-0.15, -0.1) is 0 Å². The molecule has 102 valence electrons. The number of nitrogens with one attached hydrogen (secondary N) is 1. The maximum atomic E-state index is 5.89. The first-order valence-electron chi connectivity index (χ1n) is 6.76. The van der Waals surface area contributed by atoms with Gasteiger partial charge in [0.1, 0.15) is 0 Å². The van der Waals surface area contributed by atoms with Crippen LogP contribution in [-0.4, -0.2) is 51.2 Å². The summed E-state index contributed by atoms with van der Waals surface area (Å²) >= 11 is 0. The van der Waals surface area contributed by atoms with Crippen molar-refractivity contribution in [2.24, 2.45) is 0 Å². The second-order valence-corrected chi connectivity index (χ2v) is 4.79. The molecule has 1 aliphatic heterocycles. The summed E-state index contributed by atoms with van der Waals surface area (Å²) in [6.45, 7) is 10.1. The Hall–Kier alpha value is -0.160. The van der Waals surface area contributed by atoms with Crippen LogP contribution in [-0.2, 0) is 14.2 Å². The zero-order valence-corrected chi connectivity index (χ0v) is 11.4. The van der Waals surface area contributed by atoms with Crippen LogP contribution >= 0.6 is 0 Å². The molecule has 2 atom stereocenters. The standard InChI is InChI=1S/C13H27NO3/c1-4-15-7-8-16-10-13-6-5-12(17-13)9-14-11(2)3/h11-14H,4-10H2,1-3H3. The van der Waals surface area contributed by atoms with Crippen LogP contribution in [0.5, 0.6) is 0 Å². The third-order valence-electron chi connectivity index (χ3n) is 2.83. The topological polar surface area (TPSA) is 39.7 Å². The van der Waals surface area contributed by atoms with Gasteiger partial charge in [-0.05, 0) is 19.8 Å². The zero-order chi connectivity index (χ0) is 12.5. The molecule has 0 aromatic rings. The van der Waals surface area contributed by atoms with Crippen LogP contribution in [0.15, 0.2) is 0 Å². The van der Waals surface area contributed by atoms with E-state index in [9.17, 15) is 0 Å². The Morgan fingerprint density at radius 1 is 1.18 bits per heavy atom. The van der Waals surface area contributed by atoms with Gasteiger partial charge in [-0.25, -0.2) is 0 Å². The minimum atomic E-state index is 0.274. The molecule has 0 aromatic carbocycles. The molecule has 1 N–H and O–H groups in total. The first-order valence-corrected chi connectivity index (χ1v) is 6.76. The molecule has 4 nitrogen and oxygen atoms in total. The fourth-order valence-corrected chi connectivity index (χ4v) is 1.90. The second kappa shape index (κ2) is 8.86. The van der Waals surface area contributed by atoms with Crippen LogP contribution in [0.2, 0.25) is 0 Å². The van der Waals surface area contributed by atoms with Crippen LogP contribution in [0, 0.1) is 0 Å². The van der Waals surface area contributed by atoms with Gasteiger partial charge < -0.3 is 19.5 Å². The average Bonchev–Trinajstić information content (AvgIpc) is 2.74. The molecule has 1 rings (SSSR count). The van der Waals surface area contributed by atoms with Crippen molar-refractivity contribution in [2.45, 2.75) is 51.9 Å². The highest BCUT2D eigenvalue weighted by molar-refractivity contribution is 4.75. The van der Waals surface area contributed by atoms with E-state index in [1.807, 2.05) is 6.92 Å². The molecule has 1 saturated heterocycles. The van der Waals surface area contributed by atoms with E-state index in [0.29, 0.717) is 32.0 Å². The lowest BCUT2D eigenvalue weighted by atomic mass is 10.2. The number of ether oxygens (including phenoxy) is 3. The van der Waals surface area contributed by atoms with Crippen molar-refractivity contribution in [2.75, 3.05) is 33.0 Å². The molecular formula is C13H27NO3. The Labute approximate surface area is 105 Å². The lowest BCUT2D eigenvalue weighted by molar-refractivity contribution is -0.0277. The Kier molecular flexibility index (Phi) is 7.77. The Morgan fingerprint density at radius 2 is 1.88 bits per heavy atom. The molecule has 17 heavy (non-hydrogen) atoms. The van der Waals surface area contributed by atoms with Gasteiger partial charge in [-0.3, -0.25) is 0 Å². The van der Waals surface area contributed by atoms with Crippen molar-refractivity contribution in [3.05, 3.63) is 0 Å². The molecule has 0 saturated carbocycles. The number of rotatable bonds is 9. The SMILES string of the molecule is CCOCCOCC1CCC(CNC(C)C)O1.